The van der Waals surface area contributed by atoms with E-state index >= 15 is 0 Å². The van der Waals surface area contributed by atoms with Crippen LogP contribution in [0, 0.1) is 11.8 Å². The summed E-state index contributed by atoms with van der Waals surface area (Å²) >= 11 is 0. The normalized spacial score (nSPS) is 19.9. The van der Waals surface area contributed by atoms with Gasteiger partial charge in [0.25, 0.3) is 0 Å². The van der Waals surface area contributed by atoms with Crippen LogP contribution in [0.3, 0.4) is 0 Å². The standard InChI is InChI=1S/C14H18O5/c1-17-14(16)13(10-6-7-18-8-10)9-19-12-4-2-11(15)3-5-12/h2-5,10,13,15H,6-9H2,1H3. The maximum Gasteiger partial charge on any atom is 0.312 e. The summed E-state index contributed by atoms with van der Waals surface area (Å²) < 4.78 is 15.7. The molecule has 0 spiro atoms. The summed E-state index contributed by atoms with van der Waals surface area (Å²) in [4.78, 5) is 11.8. The van der Waals surface area contributed by atoms with Gasteiger partial charge in [-0.25, -0.2) is 0 Å². The summed E-state index contributed by atoms with van der Waals surface area (Å²) in [5, 5.41) is 9.19. The van der Waals surface area contributed by atoms with Gasteiger partial charge in [-0.15, -0.1) is 0 Å². The number of phenolic OH excluding ortho intramolecular Hbond substituents is 1. The summed E-state index contributed by atoms with van der Waals surface area (Å²) in [7, 11) is 1.38. The molecule has 1 aromatic carbocycles. The van der Waals surface area contributed by atoms with Crippen molar-refractivity contribution in [2.75, 3.05) is 26.9 Å². The summed E-state index contributed by atoms with van der Waals surface area (Å²) in [5.41, 5.74) is 0. The minimum absolute atomic E-state index is 0.143. The molecule has 1 N–H and O–H groups in total. The van der Waals surface area contributed by atoms with Crippen LogP contribution in [0.4, 0.5) is 0 Å². The van der Waals surface area contributed by atoms with Gasteiger partial charge >= 0.3 is 5.97 Å². The van der Waals surface area contributed by atoms with E-state index in [0.717, 1.165) is 6.42 Å². The predicted octanol–water partition coefficient (Wildman–Crippen LogP) is 1.60. The molecule has 104 valence electrons. The zero-order valence-corrected chi connectivity index (χ0v) is 10.9. The topological polar surface area (TPSA) is 65.0 Å². The van der Waals surface area contributed by atoms with E-state index in [1.807, 2.05) is 0 Å². The van der Waals surface area contributed by atoms with Crippen LogP contribution in [0.5, 0.6) is 11.5 Å². The molecule has 19 heavy (non-hydrogen) atoms. The molecule has 1 saturated heterocycles. The molecular formula is C14H18O5. The Bertz CT molecular complexity index is 408. The second-order valence-corrected chi connectivity index (χ2v) is 4.56. The van der Waals surface area contributed by atoms with Crippen molar-refractivity contribution in [2.24, 2.45) is 11.8 Å². The number of rotatable bonds is 5. The third-order valence-electron chi connectivity index (χ3n) is 3.30. The van der Waals surface area contributed by atoms with Gasteiger partial charge in [0.1, 0.15) is 18.1 Å². The summed E-state index contributed by atoms with van der Waals surface area (Å²) in [6, 6.07) is 6.41. The maximum absolute atomic E-state index is 11.8. The van der Waals surface area contributed by atoms with Crippen molar-refractivity contribution in [3.05, 3.63) is 24.3 Å². The Morgan fingerprint density at radius 1 is 1.47 bits per heavy atom. The lowest BCUT2D eigenvalue weighted by Gasteiger charge is -2.20. The molecule has 1 aliphatic rings. The molecule has 0 aromatic heterocycles. The summed E-state index contributed by atoms with van der Waals surface area (Å²) in [6.07, 6.45) is 0.846. The highest BCUT2D eigenvalue weighted by atomic mass is 16.5. The lowest BCUT2D eigenvalue weighted by molar-refractivity contribution is -0.148. The van der Waals surface area contributed by atoms with Gasteiger partial charge in [-0.05, 0) is 30.7 Å². The highest BCUT2D eigenvalue weighted by Gasteiger charge is 2.32. The zero-order valence-electron chi connectivity index (χ0n) is 10.9. The highest BCUT2D eigenvalue weighted by molar-refractivity contribution is 5.72. The first-order chi connectivity index (χ1) is 9.20. The first-order valence-electron chi connectivity index (χ1n) is 6.28. The predicted molar refractivity (Wildman–Crippen MR) is 68.0 cm³/mol. The van der Waals surface area contributed by atoms with E-state index in [0.29, 0.717) is 19.0 Å². The fraction of sp³-hybridized carbons (Fsp3) is 0.500. The van der Waals surface area contributed by atoms with Crippen LogP contribution in [-0.2, 0) is 14.3 Å². The number of esters is 1. The van der Waals surface area contributed by atoms with Gasteiger partial charge in [0.15, 0.2) is 0 Å². The van der Waals surface area contributed by atoms with E-state index in [-0.39, 0.29) is 30.2 Å². The molecule has 0 bridgehead atoms. The van der Waals surface area contributed by atoms with E-state index in [1.54, 1.807) is 24.3 Å². The van der Waals surface area contributed by atoms with Crippen molar-refractivity contribution in [3.63, 3.8) is 0 Å². The number of carbonyl (C=O) groups excluding carboxylic acids is 1. The molecule has 0 radical (unpaired) electrons. The average molecular weight is 266 g/mol. The fourth-order valence-electron chi connectivity index (χ4n) is 2.15. The number of phenols is 1. The van der Waals surface area contributed by atoms with Crippen LogP contribution < -0.4 is 4.74 Å². The summed E-state index contributed by atoms with van der Waals surface area (Å²) in [5.74, 6) is 0.354. The van der Waals surface area contributed by atoms with Gasteiger partial charge in [-0.1, -0.05) is 0 Å². The second-order valence-electron chi connectivity index (χ2n) is 4.56. The van der Waals surface area contributed by atoms with Crippen molar-refractivity contribution in [2.45, 2.75) is 6.42 Å². The molecule has 1 aliphatic heterocycles. The fourth-order valence-corrected chi connectivity index (χ4v) is 2.15. The van der Waals surface area contributed by atoms with E-state index in [9.17, 15) is 9.90 Å². The first kappa shape index (κ1) is 13.7. The highest BCUT2D eigenvalue weighted by Crippen LogP contribution is 2.25. The number of ether oxygens (including phenoxy) is 3. The number of hydrogen-bond donors (Lipinski definition) is 1. The Labute approximate surface area is 112 Å². The van der Waals surface area contributed by atoms with E-state index in [1.165, 1.54) is 7.11 Å². The largest absolute Gasteiger partial charge is 0.508 e. The average Bonchev–Trinajstić information content (AvgIpc) is 2.94. The third kappa shape index (κ3) is 3.61. The lowest BCUT2D eigenvalue weighted by atomic mass is 9.92. The number of aromatic hydroxyl groups is 1. The quantitative estimate of drug-likeness (QED) is 0.820. The molecule has 0 saturated carbocycles. The van der Waals surface area contributed by atoms with Gasteiger partial charge in [0.05, 0.1) is 19.6 Å². The molecule has 1 aromatic rings. The van der Waals surface area contributed by atoms with E-state index < -0.39 is 0 Å². The first-order valence-corrected chi connectivity index (χ1v) is 6.28. The molecule has 5 heteroatoms. The van der Waals surface area contributed by atoms with Crippen molar-refractivity contribution in [1.29, 1.82) is 0 Å². The Morgan fingerprint density at radius 2 is 2.21 bits per heavy atom. The molecule has 2 atom stereocenters. The van der Waals surface area contributed by atoms with Crippen LogP contribution in [0.25, 0.3) is 0 Å². The van der Waals surface area contributed by atoms with Gasteiger partial charge in [-0.3, -0.25) is 4.79 Å². The molecule has 1 heterocycles. The second kappa shape index (κ2) is 6.43. The van der Waals surface area contributed by atoms with Crippen LogP contribution in [-0.4, -0.2) is 38.0 Å². The maximum atomic E-state index is 11.8. The molecule has 0 aliphatic carbocycles. The minimum atomic E-state index is -0.318. The minimum Gasteiger partial charge on any atom is -0.508 e. The number of hydrogen-bond acceptors (Lipinski definition) is 5. The Kier molecular flexibility index (Phi) is 4.63. The molecule has 2 rings (SSSR count). The number of carbonyl (C=O) groups is 1. The van der Waals surface area contributed by atoms with Crippen LogP contribution in [0.2, 0.25) is 0 Å². The molecule has 1 fully saturated rings. The molecular weight excluding hydrogens is 248 g/mol. The lowest BCUT2D eigenvalue weighted by Crippen LogP contribution is -2.31. The number of methoxy groups -OCH3 is 1. The Morgan fingerprint density at radius 3 is 2.79 bits per heavy atom. The van der Waals surface area contributed by atoms with Gasteiger partial charge in [-0.2, -0.15) is 0 Å². The zero-order chi connectivity index (χ0) is 13.7. The Hall–Kier alpha value is -1.75. The molecule has 2 unspecified atom stereocenters. The summed E-state index contributed by atoms with van der Waals surface area (Å²) in [6.45, 7) is 1.50. The van der Waals surface area contributed by atoms with Crippen molar-refractivity contribution in [3.8, 4) is 11.5 Å². The molecule has 5 nitrogen and oxygen atoms in total. The van der Waals surface area contributed by atoms with E-state index in [4.69, 9.17) is 14.2 Å². The van der Waals surface area contributed by atoms with Crippen molar-refractivity contribution in [1.82, 2.24) is 0 Å². The van der Waals surface area contributed by atoms with E-state index in [2.05, 4.69) is 0 Å². The number of benzene rings is 1. The van der Waals surface area contributed by atoms with Crippen LogP contribution >= 0.6 is 0 Å². The smallest absolute Gasteiger partial charge is 0.312 e. The van der Waals surface area contributed by atoms with Gasteiger partial charge in [0, 0.05) is 12.5 Å². The molecule has 0 amide bonds. The van der Waals surface area contributed by atoms with Gasteiger partial charge < -0.3 is 19.3 Å². The van der Waals surface area contributed by atoms with Crippen molar-refractivity contribution < 1.29 is 24.1 Å². The van der Waals surface area contributed by atoms with Crippen molar-refractivity contribution >= 4 is 5.97 Å². The monoisotopic (exact) mass is 266 g/mol. The van der Waals surface area contributed by atoms with Crippen LogP contribution in [0.15, 0.2) is 24.3 Å². The SMILES string of the molecule is COC(=O)C(COc1ccc(O)cc1)C1CCOC1. The Balaban J connectivity index is 1.95. The van der Waals surface area contributed by atoms with Crippen LogP contribution in [0.1, 0.15) is 6.42 Å². The third-order valence-corrected chi connectivity index (χ3v) is 3.30. The van der Waals surface area contributed by atoms with Gasteiger partial charge in [0.2, 0.25) is 0 Å².